The Morgan fingerprint density at radius 1 is 1.00 bits per heavy atom. The second-order valence-corrected chi connectivity index (χ2v) is 6.68. The van der Waals surface area contributed by atoms with Crippen LogP contribution in [0.3, 0.4) is 0 Å². The zero-order valence-corrected chi connectivity index (χ0v) is 14.3. The first kappa shape index (κ1) is 17.4. The lowest BCUT2D eigenvalue weighted by atomic mass is 10.1. The quantitative estimate of drug-likeness (QED) is 0.897. The highest BCUT2D eigenvalue weighted by Crippen LogP contribution is 2.19. The van der Waals surface area contributed by atoms with E-state index in [1.165, 1.54) is 11.6 Å². The minimum atomic E-state index is -0.786. The Bertz CT molecular complexity index is 674. The predicted octanol–water partition coefficient (Wildman–Crippen LogP) is 3.33. The third-order valence-electron chi connectivity index (χ3n) is 4.46. The minimum absolute atomic E-state index is 0.343. The summed E-state index contributed by atoms with van der Waals surface area (Å²) in [6.07, 6.45) is -0.786. The number of hydrogen-bond donors (Lipinski definition) is 1. The van der Waals surface area contributed by atoms with Crippen LogP contribution in [0, 0.1) is 5.82 Å². The molecule has 0 radical (unpaired) electrons. The van der Waals surface area contributed by atoms with Gasteiger partial charge in [0.15, 0.2) is 0 Å². The third kappa shape index (κ3) is 4.54. The highest BCUT2D eigenvalue weighted by molar-refractivity contribution is 6.30. The zero-order chi connectivity index (χ0) is 16.9. The molecular formula is C19H22ClFN2O. The van der Waals surface area contributed by atoms with Crippen LogP contribution in [0.2, 0.25) is 5.02 Å². The van der Waals surface area contributed by atoms with Gasteiger partial charge in [-0.3, -0.25) is 9.80 Å². The summed E-state index contributed by atoms with van der Waals surface area (Å²) in [6.45, 7) is 4.93. The first-order chi connectivity index (χ1) is 11.6. The van der Waals surface area contributed by atoms with Gasteiger partial charge in [0.25, 0.3) is 0 Å². The van der Waals surface area contributed by atoms with Crippen molar-refractivity contribution in [3.63, 3.8) is 0 Å². The van der Waals surface area contributed by atoms with Crippen LogP contribution in [-0.4, -0.2) is 47.6 Å². The lowest BCUT2D eigenvalue weighted by Gasteiger charge is -2.35. The van der Waals surface area contributed by atoms with Crippen molar-refractivity contribution in [2.75, 3.05) is 32.7 Å². The SMILES string of the molecule is OC(CN1CCN(Cc2cccc(Cl)c2)CC1)c1ccccc1F. The van der Waals surface area contributed by atoms with Crippen LogP contribution < -0.4 is 0 Å². The van der Waals surface area contributed by atoms with E-state index in [1.807, 2.05) is 18.2 Å². The van der Waals surface area contributed by atoms with Gasteiger partial charge in [0, 0.05) is 49.9 Å². The Morgan fingerprint density at radius 2 is 1.71 bits per heavy atom. The molecule has 1 saturated heterocycles. The van der Waals surface area contributed by atoms with Crippen molar-refractivity contribution in [3.8, 4) is 0 Å². The minimum Gasteiger partial charge on any atom is -0.387 e. The number of rotatable bonds is 5. The van der Waals surface area contributed by atoms with Crippen molar-refractivity contribution < 1.29 is 9.50 Å². The van der Waals surface area contributed by atoms with Crippen molar-refractivity contribution in [1.29, 1.82) is 0 Å². The van der Waals surface area contributed by atoms with Crippen molar-refractivity contribution >= 4 is 11.6 Å². The summed E-state index contributed by atoms with van der Waals surface area (Å²) in [6, 6.07) is 14.4. The smallest absolute Gasteiger partial charge is 0.129 e. The zero-order valence-electron chi connectivity index (χ0n) is 13.5. The topological polar surface area (TPSA) is 26.7 Å². The van der Waals surface area contributed by atoms with Crippen LogP contribution in [0.5, 0.6) is 0 Å². The van der Waals surface area contributed by atoms with Crippen LogP contribution in [-0.2, 0) is 6.54 Å². The molecule has 2 aromatic rings. The van der Waals surface area contributed by atoms with Crippen molar-refractivity contribution in [2.24, 2.45) is 0 Å². The van der Waals surface area contributed by atoms with E-state index in [9.17, 15) is 9.50 Å². The molecule has 2 aromatic carbocycles. The maximum Gasteiger partial charge on any atom is 0.129 e. The van der Waals surface area contributed by atoms with Crippen molar-refractivity contribution in [1.82, 2.24) is 9.80 Å². The molecule has 0 aliphatic carbocycles. The molecule has 0 bridgehead atoms. The lowest BCUT2D eigenvalue weighted by Crippen LogP contribution is -2.47. The summed E-state index contributed by atoms with van der Waals surface area (Å²) < 4.78 is 13.7. The summed E-state index contributed by atoms with van der Waals surface area (Å²) in [4.78, 5) is 4.56. The normalized spacial score (nSPS) is 17.8. The Morgan fingerprint density at radius 3 is 2.42 bits per heavy atom. The van der Waals surface area contributed by atoms with Crippen molar-refractivity contribution in [2.45, 2.75) is 12.6 Å². The fourth-order valence-corrected chi connectivity index (χ4v) is 3.32. The van der Waals surface area contributed by atoms with Gasteiger partial charge in [-0.15, -0.1) is 0 Å². The van der Waals surface area contributed by atoms with Crippen LogP contribution in [0.25, 0.3) is 0 Å². The van der Waals surface area contributed by atoms with Crippen LogP contribution in [0.4, 0.5) is 4.39 Å². The highest BCUT2D eigenvalue weighted by atomic mass is 35.5. The van der Waals surface area contributed by atoms with Gasteiger partial charge in [0.2, 0.25) is 0 Å². The molecule has 1 atom stereocenters. The molecule has 1 heterocycles. The van der Waals surface area contributed by atoms with E-state index >= 15 is 0 Å². The maximum absolute atomic E-state index is 13.7. The number of aliphatic hydroxyl groups excluding tert-OH is 1. The number of β-amino-alcohol motifs (C(OH)–C–C–N with tert-alkyl or cyclic N) is 1. The molecule has 1 unspecified atom stereocenters. The van der Waals surface area contributed by atoms with Gasteiger partial charge < -0.3 is 5.11 Å². The average molecular weight is 349 g/mol. The molecule has 24 heavy (non-hydrogen) atoms. The largest absolute Gasteiger partial charge is 0.387 e. The molecule has 5 heteroatoms. The molecule has 0 aromatic heterocycles. The monoisotopic (exact) mass is 348 g/mol. The number of halogens is 2. The molecule has 128 valence electrons. The standard InChI is InChI=1S/C19H22ClFN2O/c20-16-5-3-4-15(12-16)13-22-8-10-23(11-9-22)14-19(24)17-6-1-2-7-18(17)21/h1-7,12,19,24H,8-11,13-14H2. The Balaban J connectivity index is 1.49. The summed E-state index contributed by atoms with van der Waals surface area (Å²) in [5.41, 5.74) is 1.58. The molecule has 0 spiro atoms. The van der Waals surface area contributed by atoms with Crippen LogP contribution >= 0.6 is 11.6 Å². The van der Waals surface area contributed by atoms with Crippen LogP contribution in [0.1, 0.15) is 17.2 Å². The summed E-state index contributed by atoms with van der Waals surface area (Å²) in [5, 5.41) is 11.0. The van der Waals surface area contributed by atoms with Gasteiger partial charge >= 0.3 is 0 Å². The molecule has 0 saturated carbocycles. The summed E-state index contributed by atoms with van der Waals surface area (Å²) in [5.74, 6) is -0.343. The van der Waals surface area contributed by atoms with Gasteiger partial charge in [-0.05, 0) is 23.8 Å². The number of nitrogens with zero attached hydrogens (tertiary/aromatic N) is 2. The van der Waals surface area contributed by atoms with Crippen molar-refractivity contribution in [3.05, 3.63) is 70.5 Å². The molecule has 1 fully saturated rings. The first-order valence-corrected chi connectivity index (χ1v) is 8.61. The Hall–Kier alpha value is -1.46. The summed E-state index contributed by atoms with van der Waals surface area (Å²) in [7, 11) is 0. The molecule has 0 amide bonds. The van der Waals surface area contributed by atoms with E-state index in [1.54, 1.807) is 18.2 Å². The van der Waals surface area contributed by atoms with E-state index in [0.717, 1.165) is 37.7 Å². The highest BCUT2D eigenvalue weighted by Gasteiger charge is 2.21. The van der Waals surface area contributed by atoms with Gasteiger partial charge in [0.1, 0.15) is 5.82 Å². The number of piperazine rings is 1. The average Bonchev–Trinajstić information content (AvgIpc) is 2.57. The first-order valence-electron chi connectivity index (χ1n) is 8.23. The second-order valence-electron chi connectivity index (χ2n) is 6.24. The van der Waals surface area contributed by atoms with Gasteiger partial charge in [-0.1, -0.05) is 41.9 Å². The van der Waals surface area contributed by atoms with E-state index < -0.39 is 6.10 Å². The Kier molecular flexibility index (Phi) is 5.85. The molecule has 1 aliphatic heterocycles. The fourth-order valence-electron chi connectivity index (χ4n) is 3.11. The number of aliphatic hydroxyl groups is 1. The van der Waals surface area contributed by atoms with Gasteiger partial charge in [-0.25, -0.2) is 4.39 Å². The maximum atomic E-state index is 13.7. The molecule has 3 rings (SSSR count). The van der Waals surface area contributed by atoms with Crippen LogP contribution in [0.15, 0.2) is 48.5 Å². The molecule has 1 aliphatic rings. The number of hydrogen-bond acceptors (Lipinski definition) is 3. The fraction of sp³-hybridized carbons (Fsp3) is 0.368. The lowest BCUT2D eigenvalue weighted by molar-refractivity contribution is 0.0685. The Labute approximate surface area is 147 Å². The van der Waals surface area contributed by atoms with E-state index in [-0.39, 0.29) is 5.82 Å². The van der Waals surface area contributed by atoms with Gasteiger partial charge in [0.05, 0.1) is 6.10 Å². The second kappa shape index (κ2) is 8.08. The number of benzene rings is 2. The third-order valence-corrected chi connectivity index (χ3v) is 4.69. The van der Waals surface area contributed by atoms with E-state index in [4.69, 9.17) is 11.6 Å². The summed E-state index contributed by atoms with van der Waals surface area (Å²) >= 11 is 6.03. The van der Waals surface area contributed by atoms with E-state index in [0.29, 0.717) is 12.1 Å². The van der Waals surface area contributed by atoms with E-state index in [2.05, 4.69) is 15.9 Å². The molecule has 1 N–H and O–H groups in total. The molecule has 3 nitrogen and oxygen atoms in total. The predicted molar refractivity (Wildman–Crippen MR) is 94.5 cm³/mol. The van der Waals surface area contributed by atoms with Gasteiger partial charge in [-0.2, -0.15) is 0 Å². The molecular weight excluding hydrogens is 327 g/mol.